The Kier molecular flexibility index (Phi) is 4.28. The number of nitrogen functional groups attached to an aromatic ring is 1. The summed E-state index contributed by atoms with van der Waals surface area (Å²) >= 11 is 6.14. The lowest BCUT2D eigenvalue weighted by Crippen LogP contribution is -2.18. The molecule has 1 heterocycles. The smallest absolute Gasteiger partial charge is 0.406 e. The average Bonchev–Trinajstić information content (AvgIpc) is 2.49. The van der Waals surface area contributed by atoms with E-state index in [0.717, 1.165) is 18.1 Å². The molecular weight excluding hydrogens is 343 g/mol. The second-order valence-electron chi connectivity index (χ2n) is 5.23. The van der Waals surface area contributed by atoms with Crippen molar-refractivity contribution in [3.05, 3.63) is 47.0 Å². The summed E-state index contributed by atoms with van der Waals surface area (Å²) in [5.41, 5.74) is 8.13. The average molecular weight is 356 g/mol. The van der Waals surface area contributed by atoms with Crippen LogP contribution < -0.4 is 15.8 Å². The van der Waals surface area contributed by atoms with Crippen molar-refractivity contribution in [3.8, 4) is 5.75 Å². The number of amidine groups is 1. The fourth-order valence-corrected chi connectivity index (χ4v) is 2.66. The number of hydrogen-bond acceptors (Lipinski definition) is 4. The molecule has 0 fully saturated rings. The van der Waals surface area contributed by atoms with Gasteiger partial charge in [0.1, 0.15) is 11.6 Å². The molecule has 0 amide bonds. The third-order valence-corrected chi connectivity index (χ3v) is 3.79. The number of alkyl halides is 3. The number of nitrogens with one attached hydrogen (secondary N) is 1. The molecule has 1 aliphatic heterocycles. The molecule has 2 aromatic carbocycles. The van der Waals surface area contributed by atoms with Gasteiger partial charge in [0.15, 0.2) is 0 Å². The number of nitrogens with zero attached hydrogens (tertiary/aromatic N) is 1. The summed E-state index contributed by atoms with van der Waals surface area (Å²) in [5, 5.41) is 3.59. The summed E-state index contributed by atoms with van der Waals surface area (Å²) in [6, 6.07) is 9.30. The zero-order valence-electron chi connectivity index (χ0n) is 12.3. The molecule has 0 unspecified atom stereocenters. The number of anilines is 2. The molecular formula is C16H13ClF3N3O. The molecule has 0 saturated carbocycles. The minimum atomic E-state index is -4.75. The number of aliphatic imine (C=N–C) groups is 1. The van der Waals surface area contributed by atoms with Gasteiger partial charge >= 0.3 is 6.36 Å². The Morgan fingerprint density at radius 1 is 1.17 bits per heavy atom. The molecule has 0 bridgehead atoms. The van der Waals surface area contributed by atoms with E-state index >= 15 is 0 Å². The first kappa shape index (κ1) is 16.4. The molecule has 8 heteroatoms. The van der Waals surface area contributed by atoms with Crippen LogP contribution in [0.25, 0.3) is 0 Å². The van der Waals surface area contributed by atoms with Crippen molar-refractivity contribution >= 4 is 34.5 Å². The molecule has 0 spiro atoms. The van der Waals surface area contributed by atoms with Gasteiger partial charge in [-0.3, -0.25) is 0 Å². The third-order valence-electron chi connectivity index (χ3n) is 3.48. The van der Waals surface area contributed by atoms with Crippen LogP contribution in [0.15, 0.2) is 41.4 Å². The first-order valence-corrected chi connectivity index (χ1v) is 7.47. The highest BCUT2D eigenvalue weighted by atomic mass is 35.5. The molecule has 3 N–H and O–H groups in total. The first-order valence-electron chi connectivity index (χ1n) is 7.09. The third kappa shape index (κ3) is 3.73. The molecule has 1 aliphatic rings. The standard InChI is InChI=1S/C16H13ClF3N3O/c17-11-3-1-2-9-4-7-14(23-15(9)11)22-13-6-5-10(8-12(13)21)24-16(18,19)20/h1-3,5-6,8H,4,7,21H2,(H,22,23). The summed E-state index contributed by atoms with van der Waals surface area (Å²) in [6.07, 6.45) is -3.35. The van der Waals surface area contributed by atoms with E-state index in [-0.39, 0.29) is 11.4 Å². The second-order valence-corrected chi connectivity index (χ2v) is 5.64. The molecule has 4 nitrogen and oxygen atoms in total. The number of aryl methyl sites for hydroxylation is 1. The van der Waals surface area contributed by atoms with Crippen LogP contribution in [0, 0.1) is 0 Å². The fraction of sp³-hybridized carbons (Fsp3) is 0.188. The van der Waals surface area contributed by atoms with Gasteiger partial charge in [-0.2, -0.15) is 0 Å². The number of hydrogen-bond donors (Lipinski definition) is 2. The number of benzene rings is 2. The van der Waals surface area contributed by atoms with E-state index in [1.807, 2.05) is 12.1 Å². The van der Waals surface area contributed by atoms with Crippen LogP contribution >= 0.6 is 11.6 Å². The van der Waals surface area contributed by atoms with Crippen molar-refractivity contribution in [3.63, 3.8) is 0 Å². The number of halogens is 4. The van der Waals surface area contributed by atoms with Gasteiger partial charge in [-0.15, -0.1) is 13.2 Å². The van der Waals surface area contributed by atoms with Crippen LogP contribution in [0.3, 0.4) is 0 Å². The molecule has 3 rings (SSSR count). The Labute approximate surface area is 141 Å². The number of fused-ring (bicyclic) bond motifs is 1. The highest BCUT2D eigenvalue weighted by Gasteiger charge is 2.31. The van der Waals surface area contributed by atoms with E-state index in [4.69, 9.17) is 17.3 Å². The van der Waals surface area contributed by atoms with Gasteiger partial charge in [0.2, 0.25) is 0 Å². The van der Waals surface area contributed by atoms with Gasteiger partial charge in [-0.1, -0.05) is 23.7 Å². The highest BCUT2D eigenvalue weighted by Crippen LogP contribution is 2.34. The monoisotopic (exact) mass is 355 g/mol. The van der Waals surface area contributed by atoms with Crippen molar-refractivity contribution in [1.29, 1.82) is 0 Å². The molecule has 0 saturated heterocycles. The van der Waals surface area contributed by atoms with Crippen LogP contribution in [-0.2, 0) is 6.42 Å². The molecule has 0 radical (unpaired) electrons. The van der Waals surface area contributed by atoms with Gasteiger partial charge in [-0.25, -0.2) is 4.99 Å². The molecule has 24 heavy (non-hydrogen) atoms. The summed E-state index contributed by atoms with van der Waals surface area (Å²) < 4.78 is 40.5. The van der Waals surface area contributed by atoms with Gasteiger partial charge in [-0.05, 0) is 30.2 Å². The Morgan fingerprint density at radius 3 is 2.67 bits per heavy atom. The van der Waals surface area contributed by atoms with E-state index < -0.39 is 6.36 Å². The van der Waals surface area contributed by atoms with Gasteiger partial charge in [0, 0.05) is 12.5 Å². The van der Waals surface area contributed by atoms with E-state index in [1.54, 1.807) is 6.07 Å². The number of para-hydroxylation sites is 1. The maximum atomic E-state index is 12.2. The summed E-state index contributed by atoms with van der Waals surface area (Å²) in [6.45, 7) is 0. The molecule has 0 aromatic heterocycles. The Balaban J connectivity index is 1.81. The van der Waals surface area contributed by atoms with Crippen molar-refractivity contribution in [2.24, 2.45) is 4.99 Å². The second kappa shape index (κ2) is 6.24. The summed E-state index contributed by atoms with van der Waals surface area (Å²) in [4.78, 5) is 4.47. The topological polar surface area (TPSA) is 59.6 Å². The largest absolute Gasteiger partial charge is 0.573 e. The molecule has 0 aliphatic carbocycles. The predicted octanol–water partition coefficient (Wildman–Crippen LogP) is 4.91. The van der Waals surface area contributed by atoms with E-state index in [9.17, 15) is 13.2 Å². The van der Waals surface area contributed by atoms with Gasteiger partial charge < -0.3 is 15.8 Å². The van der Waals surface area contributed by atoms with Crippen molar-refractivity contribution in [1.82, 2.24) is 0 Å². The van der Waals surface area contributed by atoms with E-state index in [2.05, 4.69) is 15.0 Å². The Morgan fingerprint density at radius 2 is 1.96 bits per heavy atom. The van der Waals surface area contributed by atoms with Crippen LogP contribution in [-0.4, -0.2) is 12.2 Å². The highest BCUT2D eigenvalue weighted by molar-refractivity contribution is 6.33. The molecule has 126 valence electrons. The van der Waals surface area contributed by atoms with Crippen LogP contribution in [0.4, 0.5) is 30.2 Å². The molecule has 2 aromatic rings. The number of ether oxygens (including phenoxy) is 1. The fourth-order valence-electron chi connectivity index (χ4n) is 2.43. The minimum Gasteiger partial charge on any atom is -0.406 e. The molecule has 0 atom stereocenters. The predicted molar refractivity (Wildman–Crippen MR) is 88.0 cm³/mol. The van der Waals surface area contributed by atoms with Crippen molar-refractivity contribution in [2.45, 2.75) is 19.2 Å². The summed E-state index contributed by atoms with van der Waals surface area (Å²) in [5.74, 6) is 0.274. The van der Waals surface area contributed by atoms with Gasteiger partial charge in [0.05, 0.1) is 22.1 Å². The lowest BCUT2D eigenvalue weighted by Gasteiger charge is -2.19. The Bertz CT molecular complexity index is 806. The van der Waals surface area contributed by atoms with Crippen LogP contribution in [0.5, 0.6) is 5.75 Å². The van der Waals surface area contributed by atoms with E-state index in [1.165, 1.54) is 12.1 Å². The van der Waals surface area contributed by atoms with Gasteiger partial charge in [0.25, 0.3) is 0 Å². The maximum Gasteiger partial charge on any atom is 0.573 e. The van der Waals surface area contributed by atoms with Crippen molar-refractivity contribution in [2.75, 3.05) is 11.1 Å². The number of nitrogens with two attached hydrogens (primary N) is 1. The zero-order chi connectivity index (χ0) is 17.3. The van der Waals surface area contributed by atoms with Crippen molar-refractivity contribution < 1.29 is 17.9 Å². The summed E-state index contributed by atoms with van der Waals surface area (Å²) in [7, 11) is 0. The van der Waals surface area contributed by atoms with E-state index in [0.29, 0.717) is 28.7 Å². The van der Waals surface area contributed by atoms with Crippen LogP contribution in [0.2, 0.25) is 5.02 Å². The SMILES string of the molecule is Nc1cc(OC(F)(F)F)ccc1NC1=Nc2c(Cl)cccc2CC1. The normalized spacial score (nSPS) is 13.9. The quantitative estimate of drug-likeness (QED) is 0.752. The Hall–Kier alpha value is -2.41. The lowest BCUT2D eigenvalue weighted by molar-refractivity contribution is -0.274. The maximum absolute atomic E-state index is 12.2. The number of rotatable bonds is 2. The van der Waals surface area contributed by atoms with Crippen LogP contribution in [0.1, 0.15) is 12.0 Å². The first-order chi connectivity index (χ1) is 11.3. The minimum absolute atomic E-state index is 0.129. The zero-order valence-corrected chi connectivity index (χ0v) is 13.1. The lowest BCUT2D eigenvalue weighted by atomic mass is 10.0.